The zero-order valence-electron chi connectivity index (χ0n) is 23.5. The molecule has 1 atom stereocenters. The summed E-state index contributed by atoms with van der Waals surface area (Å²) < 4.78 is 18.2. The number of aromatic nitrogens is 1. The monoisotopic (exact) mass is 592 g/mol. The van der Waals surface area contributed by atoms with Crippen molar-refractivity contribution in [2.75, 3.05) is 18.6 Å². The molecule has 1 N–H and O–H groups in total. The highest BCUT2D eigenvalue weighted by molar-refractivity contribution is 7.22. The van der Waals surface area contributed by atoms with Gasteiger partial charge in [-0.25, -0.2) is 4.98 Å². The van der Waals surface area contributed by atoms with Crippen LogP contribution >= 0.6 is 11.3 Å². The fourth-order valence-corrected chi connectivity index (χ4v) is 6.08. The van der Waals surface area contributed by atoms with Gasteiger partial charge in [0.15, 0.2) is 16.6 Å². The molecule has 0 saturated carbocycles. The summed E-state index contributed by atoms with van der Waals surface area (Å²) in [6.45, 7) is 2.75. The Morgan fingerprint density at radius 2 is 1.65 bits per heavy atom. The van der Waals surface area contributed by atoms with Crippen LogP contribution in [0.25, 0.3) is 16.0 Å². The van der Waals surface area contributed by atoms with E-state index in [1.165, 1.54) is 23.3 Å². The van der Waals surface area contributed by atoms with Crippen LogP contribution in [0.2, 0.25) is 0 Å². The van der Waals surface area contributed by atoms with E-state index in [-0.39, 0.29) is 11.3 Å². The quantitative estimate of drug-likeness (QED) is 0.113. The van der Waals surface area contributed by atoms with Gasteiger partial charge >= 0.3 is 5.91 Å². The minimum atomic E-state index is -0.968. The molecule has 216 valence electrons. The lowest BCUT2D eigenvalue weighted by molar-refractivity contribution is -0.132. The number of methoxy groups -OCH3 is 1. The number of thiazole rings is 1. The maximum Gasteiger partial charge on any atom is 0.301 e. The number of carbonyl (C=O) groups is 2. The van der Waals surface area contributed by atoms with Crippen LogP contribution in [0.15, 0.2) is 103 Å². The molecule has 5 aromatic rings. The second-order valence-corrected chi connectivity index (χ2v) is 10.8. The summed E-state index contributed by atoms with van der Waals surface area (Å²) in [5, 5.41) is 11.7. The van der Waals surface area contributed by atoms with Crippen molar-refractivity contribution < 1.29 is 28.9 Å². The first kappa shape index (κ1) is 28.0. The van der Waals surface area contributed by atoms with E-state index in [1.807, 2.05) is 61.5 Å². The Bertz CT molecular complexity index is 1830. The van der Waals surface area contributed by atoms with Crippen molar-refractivity contribution in [3.63, 3.8) is 0 Å². The number of Topliss-reactive ketones (excluding diaryl/α,β-unsaturated/α-hetero) is 1. The highest BCUT2D eigenvalue weighted by Gasteiger charge is 2.48. The van der Waals surface area contributed by atoms with Crippen molar-refractivity contribution in [3.05, 3.63) is 119 Å². The minimum Gasteiger partial charge on any atom is -0.507 e. The Hall–Kier alpha value is -5.15. The Morgan fingerprint density at radius 3 is 2.37 bits per heavy atom. The molecule has 43 heavy (non-hydrogen) atoms. The molecular formula is C34H28N2O6S. The number of ether oxygens (including phenoxy) is 3. The fraction of sp³-hybridized carbons (Fsp3) is 0.147. The number of aliphatic hydroxyl groups is 1. The molecular weight excluding hydrogens is 564 g/mol. The molecule has 1 saturated heterocycles. The van der Waals surface area contributed by atoms with Crippen molar-refractivity contribution in [3.8, 4) is 17.2 Å². The van der Waals surface area contributed by atoms with Gasteiger partial charge < -0.3 is 19.3 Å². The van der Waals surface area contributed by atoms with Gasteiger partial charge in [0.25, 0.3) is 5.78 Å². The Balaban J connectivity index is 1.46. The second-order valence-electron chi connectivity index (χ2n) is 9.78. The van der Waals surface area contributed by atoms with Crippen LogP contribution in [0.4, 0.5) is 5.13 Å². The van der Waals surface area contributed by atoms with Crippen molar-refractivity contribution >= 4 is 44.1 Å². The van der Waals surface area contributed by atoms with E-state index in [0.29, 0.717) is 52.2 Å². The topological polar surface area (TPSA) is 98.2 Å². The molecule has 0 bridgehead atoms. The van der Waals surface area contributed by atoms with Crippen LogP contribution in [-0.2, 0) is 16.2 Å². The number of hydrogen-bond acceptors (Lipinski definition) is 8. The molecule has 4 aromatic carbocycles. The Kier molecular flexibility index (Phi) is 7.81. The van der Waals surface area contributed by atoms with E-state index in [4.69, 9.17) is 19.2 Å². The summed E-state index contributed by atoms with van der Waals surface area (Å²) in [6, 6.07) is 28.2. The minimum absolute atomic E-state index is 0.0366. The second kappa shape index (κ2) is 12.0. The van der Waals surface area contributed by atoms with Crippen molar-refractivity contribution in [2.45, 2.75) is 19.6 Å². The van der Waals surface area contributed by atoms with E-state index in [0.717, 1.165) is 10.3 Å². The van der Waals surface area contributed by atoms with Gasteiger partial charge in [0.1, 0.15) is 18.1 Å². The maximum atomic E-state index is 13.7. The van der Waals surface area contributed by atoms with Crippen molar-refractivity contribution in [1.82, 2.24) is 4.98 Å². The maximum absolute atomic E-state index is 13.7. The van der Waals surface area contributed by atoms with E-state index >= 15 is 0 Å². The summed E-state index contributed by atoms with van der Waals surface area (Å²) in [7, 11) is 1.53. The molecule has 0 aliphatic carbocycles. The lowest BCUT2D eigenvalue weighted by Gasteiger charge is -2.24. The zero-order valence-corrected chi connectivity index (χ0v) is 24.3. The predicted octanol–water partition coefficient (Wildman–Crippen LogP) is 6.91. The van der Waals surface area contributed by atoms with Gasteiger partial charge in [-0.3, -0.25) is 14.5 Å². The number of nitrogens with zero attached hydrogens (tertiary/aromatic N) is 2. The van der Waals surface area contributed by atoms with Crippen LogP contribution in [0.3, 0.4) is 0 Å². The number of fused-ring (bicyclic) bond motifs is 1. The van der Waals surface area contributed by atoms with Crippen molar-refractivity contribution in [1.29, 1.82) is 0 Å². The molecule has 1 fully saturated rings. The number of carbonyl (C=O) groups excluding carboxylic acids is 2. The highest BCUT2D eigenvalue weighted by Crippen LogP contribution is 2.46. The third-order valence-corrected chi connectivity index (χ3v) is 8.12. The SMILES string of the molecule is CCOc1ccc2nc(N3C(=O)C(=O)C(=C(O)c4ccccc4)C3c3ccc(OCc4ccccc4)c(OC)c3)sc2c1. The lowest BCUT2D eigenvalue weighted by Crippen LogP contribution is -2.29. The van der Waals surface area contributed by atoms with Gasteiger partial charge in [-0.15, -0.1) is 0 Å². The van der Waals surface area contributed by atoms with E-state index in [9.17, 15) is 14.7 Å². The number of benzene rings is 4. The Labute approximate surface area is 252 Å². The van der Waals surface area contributed by atoms with E-state index in [1.54, 1.807) is 42.5 Å². The van der Waals surface area contributed by atoms with Gasteiger partial charge in [-0.1, -0.05) is 78.1 Å². The molecule has 0 spiro atoms. The summed E-state index contributed by atoms with van der Waals surface area (Å²) in [5.41, 5.74) is 2.59. The van der Waals surface area contributed by atoms with Crippen LogP contribution in [0.5, 0.6) is 17.2 Å². The molecule has 1 aromatic heterocycles. The smallest absolute Gasteiger partial charge is 0.301 e. The normalized spacial score (nSPS) is 16.0. The third kappa shape index (κ3) is 5.42. The van der Waals surface area contributed by atoms with Gasteiger partial charge in [-0.2, -0.15) is 0 Å². The fourth-order valence-electron chi connectivity index (χ4n) is 5.06. The summed E-state index contributed by atoms with van der Waals surface area (Å²) in [4.78, 5) is 33.3. The molecule has 6 rings (SSSR count). The Morgan fingerprint density at radius 1 is 0.907 bits per heavy atom. The van der Waals surface area contributed by atoms with Gasteiger partial charge in [0.2, 0.25) is 0 Å². The molecule has 8 nitrogen and oxygen atoms in total. The van der Waals surface area contributed by atoms with Gasteiger partial charge in [0, 0.05) is 5.56 Å². The number of anilines is 1. The van der Waals surface area contributed by atoms with E-state index in [2.05, 4.69) is 0 Å². The molecule has 1 unspecified atom stereocenters. The third-order valence-electron chi connectivity index (χ3n) is 7.10. The van der Waals surface area contributed by atoms with Crippen LogP contribution < -0.4 is 19.1 Å². The summed E-state index contributed by atoms with van der Waals surface area (Å²) in [5.74, 6) is -0.250. The summed E-state index contributed by atoms with van der Waals surface area (Å²) in [6.07, 6.45) is 0. The van der Waals surface area contributed by atoms with Crippen LogP contribution in [0, 0.1) is 0 Å². The van der Waals surface area contributed by atoms with Gasteiger partial charge in [-0.05, 0) is 48.4 Å². The first-order valence-corrected chi connectivity index (χ1v) is 14.5. The molecule has 9 heteroatoms. The molecule has 2 heterocycles. The first-order chi connectivity index (χ1) is 21.0. The van der Waals surface area contributed by atoms with Crippen LogP contribution in [0.1, 0.15) is 29.7 Å². The molecule has 1 aliphatic heterocycles. The number of ketones is 1. The highest BCUT2D eigenvalue weighted by atomic mass is 32.1. The average molecular weight is 593 g/mol. The first-order valence-electron chi connectivity index (χ1n) is 13.7. The standard InChI is InChI=1S/C34H28N2O6S/c1-3-41-24-15-16-25-28(19-24)43-34(35-25)36-30(29(32(38)33(36)39)31(37)22-12-8-5-9-13-22)23-14-17-26(27(18-23)40-2)42-20-21-10-6-4-7-11-21/h4-19,30,37H,3,20H2,1-2H3. The van der Waals surface area contributed by atoms with E-state index < -0.39 is 17.7 Å². The molecule has 0 radical (unpaired) electrons. The average Bonchev–Trinajstić information content (AvgIpc) is 3.58. The van der Waals surface area contributed by atoms with Crippen LogP contribution in [-0.4, -0.2) is 35.5 Å². The van der Waals surface area contributed by atoms with Gasteiger partial charge in [0.05, 0.1) is 35.5 Å². The number of aliphatic hydroxyl groups excluding tert-OH is 1. The number of hydrogen-bond donors (Lipinski definition) is 1. The molecule has 1 amide bonds. The number of rotatable bonds is 9. The van der Waals surface area contributed by atoms with Crippen molar-refractivity contribution in [2.24, 2.45) is 0 Å². The predicted molar refractivity (Wildman–Crippen MR) is 166 cm³/mol. The number of amides is 1. The lowest BCUT2D eigenvalue weighted by atomic mass is 9.95. The largest absolute Gasteiger partial charge is 0.507 e. The zero-order chi connectivity index (χ0) is 29.9. The molecule has 1 aliphatic rings. The summed E-state index contributed by atoms with van der Waals surface area (Å²) >= 11 is 1.27.